The Morgan fingerprint density at radius 3 is 2.86 bits per heavy atom. The van der Waals surface area contributed by atoms with Gasteiger partial charge in [0.1, 0.15) is 0 Å². The highest BCUT2D eigenvalue weighted by molar-refractivity contribution is 7.99. The summed E-state index contributed by atoms with van der Waals surface area (Å²) in [6, 6.07) is 0.735. The zero-order valence-corrected chi connectivity index (χ0v) is 9.98. The lowest BCUT2D eigenvalue weighted by Crippen LogP contribution is -2.46. The first-order valence-corrected chi connectivity index (χ1v) is 7.05. The van der Waals surface area contributed by atoms with Gasteiger partial charge in [-0.1, -0.05) is 0 Å². The molecule has 0 aromatic rings. The Hall–Kier alpha value is 0.270. The zero-order valence-electron chi connectivity index (χ0n) is 9.17. The van der Waals surface area contributed by atoms with Crippen LogP contribution in [0.1, 0.15) is 19.8 Å². The minimum absolute atomic E-state index is 0.735. The first kappa shape index (κ1) is 10.8. The van der Waals surface area contributed by atoms with Gasteiger partial charge in [-0.05, 0) is 32.2 Å². The van der Waals surface area contributed by atoms with Gasteiger partial charge in [0.15, 0.2) is 0 Å². The van der Waals surface area contributed by atoms with Crippen molar-refractivity contribution in [3.8, 4) is 0 Å². The summed E-state index contributed by atoms with van der Waals surface area (Å²) >= 11 is 2.10. The summed E-state index contributed by atoms with van der Waals surface area (Å²) in [5, 5.41) is 3.59. The molecular weight excluding hydrogens is 192 g/mol. The van der Waals surface area contributed by atoms with Crippen LogP contribution in [0.4, 0.5) is 0 Å². The average molecular weight is 214 g/mol. The molecule has 2 nitrogen and oxygen atoms in total. The lowest BCUT2D eigenvalue weighted by molar-refractivity contribution is 0.192. The van der Waals surface area contributed by atoms with Gasteiger partial charge in [-0.2, -0.15) is 11.8 Å². The van der Waals surface area contributed by atoms with Crippen LogP contribution in [0.25, 0.3) is 0 Å². The van der Waals surface area contributed by atoms with E-state index in [-0.39, 0.29) is 0 Å². The van der Waals surface area contributed by atoms with Crippen LogP contribution in [0.5, 0.6) is 0 Å². The van der Waals surface area contributed by atoms with Crippen LogP contribution < -0.4 is 5.32 Å². The van der Waals surface area contributed by atoms with E-state index in [4.69, 9.17) is 0 Å². The molecule has 2 atom stereocenters. The minimum atomic E-state index is 0.735. The van der Waals surface area contributed by atoms with Crippen molar-refractivity contribution in [3.05, 3.63) is 0 Å². The average Bonchev–Trinajstić information content (AvgIpc) is 2.23. The molecule has 2 aliphatic rings. The fourth-order valence-electron chi connectivity index (χ4n) is 2.48. The summed E-state index contributed by atoms with van der Waals surface area (Å²) in [6.07, 6.45) is 2.80. The first-order chi connectivity index (χ1) is 6.86. The van der Waals surface area contributed by atoms with Crippen molar-refractivity contribution in [1.82, 2.24) is 10.2 Å². The van der Waals surface area contributed by atoms with Gasteiger partial charge in [0.2, 0.25) is 0 Å². The Labute approximate surface area is 91.8 Å². The Morgan fingerprint density at radius 2 is 2.14 bits per heavy atom. The minimum Gasteiger partial charge on any atom is -0.314 e. The SMILES string of the molecule is CC1NCCCC1CN1CCSCC1. The third kappa shape index (κ3) is 2.88. The fourth-order valence-corrected chi connectivity index (χ4v) is 3.45. The van der Waals surface area contributed by atoms with Crippen LogP contribution in [0.15, 0.2) is 0 Å². The lowest BCUT2D eigenvalue weighted by atomic mass is 9.91. The molecule has 0 amide bonds. The molecule has 0 saturated carbocycles. The highest BCUT2D eigenvalue weighted by Gasteiger charge is 2.23. The quantitative estimate of drug-likeness (QED) is 0.748. The summed E-state index contributed by atoms with van der Waals surface area (Å²) in [6.45, 7) is 7.53. The van der Waals surface area contributed by atoms with Crippen molar-refractivity contribution in [2.24, 2.45) is 5.92 Å². The maximum Gasteiger partial charge on any atom is 0.00792 e. The highest BCUT2D eigenvalue weighted by atomic mass is 32.2. The second kappa shape index (κ2) is 5.38. The first-order valence-electron chi connectivity index (χ1n) is 5.90. The van der Waals surface area contributed by atoms with E-state index in [0.29, 0.717) is 0 Å². The Bertz CT molecular complexity index is 169. The molecule has 82 valence electrons. The predicted molar refractivity (Wildman–Crippen MR) is 64.0 cm³/mol. The van der Waals surface area contributed by atoms with E-state index in [1.807, 2.05) is 0 Å². The number of hydrogen-bond donors (Lipinski definition) is 1. The third-order valence-corrected chi connectivity index (χ3v) is 4.46. The summed E-state index contributed by atoms with van der Waals surface area (Å²) < 4.78 is 0. The second-order valence-electron chi connectivity index (χ2n) is 4.56. The summed E-state index contributed by atoms with van der Waals surface area (Å²) in [5.74, 6) is 3.58. The van der Waals surface area contributed by atoms with Crippen molar-refractivity contribution in [1.29, 1.82) is 0 Å². The molecule has 2 saturated heterocycles. The van der Waals surface area contributed by atoms with Crippen molar-refractivity contribution in [2.45, 2.75) is 25.8 Å². The molecular formula is C11H22N2S. The molecule has 0 spiro atoms. The van der Waals surface area contributed by atoms with Crippen molar-refractivity contribution in [2.75, 3.05) is 37.7 Å². The topological polar surface area (TPSA) is 15.3 Å². The molecule has 2 fully saturated rings. The van der Waals surface area contributed by atoms with Gasteiger partial charge in [0.25, 0.3) is 0 Å². The number of hydrogen-bond acceptors (Lipinski definition) is 3. The standard InChI is InChI=1S/C11H22N2S/c1-10-11(3-2-4-12-10)9-13-5-7-14-8-6-13/h10-12H,2-9H2,1H3. The number of nitrogens with one attached hydrogen (secondary N) is 1. The molecule has 2 unspecified atom stereocenters. The molecule has 0 aromatic carbocycles. The Kier molecular flexibility index (Phi) is 4.14. The molecule has 0 bridgehead atoms. The maximum absolute atomic E-state index is 3.59. The molecule has 3 heteroatoms. The van der Waals surface area contributed by atoms with Gasteiger partial charge in [-0.3, -0.25) is 0 Å². The van der Waals surface area contributed by atoms with Gasteiger partial charge < -0.3 is 10.2 Å². The third-order valence-electron chi connectivity index (χ3n) is 3.52. The predicted octanol–water partition coefficient (Wildman–Crippen LogP) is 1.42. The summed E-state index contributed by atoms with van der Waals surface area (Å²) in [4.78, 5) is 2.66. The number of piperidine rings is 1. The molecule has 1 N–H and O–H groups in total. The van der Waals surface area contributed by atoms with Crippen LogP contribution in [0, 0.1) is 5.92 Å². The summed E-state index contributed by atoms with van der Waals surface area (Å²) in [5.41, 5.74) is 0. The van der Waals surface area contributed by atoms with Gasteiger partial charge in [-0.25, -0.2) is 0 Å². The number of thioether (sulfide) groups is 1. The summed E-state index contributed by atoms with van der Waals surface area (Å²) in [7, 11) is 0. The molecule has 0 aliphatic carbocycles. The van der Waals surface area contributed by atoms with Crippen LogP contribution in [-0.2, 0) is 0 Å². The normalized spacial score (nSPS) is 35.8. The highest BCUT2D eigenvalue weighted by Crippen LogP contribution is 2.19. The van der Waals surface area contributed by atoms with E-state index in [0.717, 1.165) is 12.0 Å². The van der Waals surface area contributed by atoms with E-state index in [9.17, 15) is 0 Å². The smallest absolute Gasteiger partial charge is 0.00792 e. The van der Waals surface area contributed by atoms with E-state index in [1.165, 1.54) is 50.5 Å². The maximum atomic E-state index is 3.59. The molecule has 2 aliphatic heterocycles. The van der Waals surface area contributed by atoms with Gasteiger partial charge in [0, 0.05) is 37.2 Å². The van der Waals surface area contributed by atoms with Crippen LogP contribution in [0.3, 0.4) is 0 Å². The van der Waals surface area contributed by atoms with Crippen molar-refractivity contribution >= 4 is 11.8 Å². The molecule has 2 rings (SSSR count). The van der Waals surface area contributed by atoms with E-state index >= 15 is 0 Å². The second-order valence-corrected chi connectivity index (χ2v) is 5.78. The molecule has 0 aromatic heterocycles. The zero-order chi connectivity index (χ0) is 9.80. The number of nitrogens with zero attached hydrogens (tertiary/aromatic N) is 1. The Balaban J connectivity index is 1.76. The molecule has 2 heterocycles. The number of rotatable bonds is 2. The lowest BCUT2D eigenvalue weighted by Gasteiger charge is -2.35. The van der Waals surface area contributed by atoms with Gasteiger partial charge >= 0.3 is 0 Å². The van der Waals surface area contributed by atoms with Crippen LogP contribution >= 0.6 is 11.8 Å². The molecule has 14 heavy (non-hydrogen) atoms. The molecule has 0 radical (unpaired) electrons. The fraction of sp³-hybridized carbons (Fsp3) is 1.00. The van der Waals surface area contributed by atoms with E-state index in [1.54, 1.807) is 0 Å². The Morgan fingerprint density at radius 1 is 1.36 bits per heavy atom. The van der Waals surface area contributed by atoms with Gasteiger partial charge in [0.05, 0.1) is 0 Å². The monoisotopic (exact) mass is 214 g/mol. The van der Waals surface area contributed by atoms with Crippen molar-refractivity contribution < 1.29 is 0 Å². The van der Waals surface area contributed by atoms with Gasteiger partial charge in [-0.15, -0.1) is 0 Å². The van der Waals surface area contributed by atoms with E-state index < -0.39 is 0 Å². The van der Waals surface area contributed by atoms with E-state index in [2.05, 4.69) is 28.9 Å². The van der Waals surface area contributed by atoms with Crippen LogP contribution in [0.2, 0.25) is 0 Å². The van der Waals surface area contributed by atoms with Crippen LogP contribution in [-0.4, -0.2) is 48.6 Å². The largest absolute Gasteiger partial charge is 0.314 e. The van der Waals surface area contributed by atoms with Crippen molar-refractivity contribution in [3.63, 3.8) is 0 Å².